The van der Waals surface area contributed by atoms with Crippen LogP contribution >= 0.6 is 0 Å². The summed E-state index contributed by atoms with van der Waals surface area (Å²) in [6, 6.07) is 0. The van der Waals surface area contributed by atoms with Crippen molar-refractivity contribution in [1.29, 1.82) is 0 Å². The maximum atomic E-state index is 2.41. The molecule has 0 aromatic carbocycles. The third-order valence-corrected chi connectivity index (χ3v) is 8.53. The quantitative estimate of drug-likeness (QED) is 0.169. The molecule has 0 aromatic heterocycles. The van der Waals surface area contributed by atoms with E-state index in [-0.39, 0.29) is 0 Å². The number of hydrogen-bond acceptors (Lipinski definition) is 0. The Bertz CT molecular complexity index is 261. The van der Waals surface area contributed by atoms with Crippen LogP contribution in [0.4, 0.5) is 0 Å². The van der Waals surface area contributed by atoms with Crippen molar-refractivity contribution in [1.82, 2.24) is 0 Å². The highest BCUT2D eigenvalue weighted by atomic mass is 28.1. The normalized spacial score (nSPS) is 12.5. The summed E-state index contributed by atoms with van der Waals surface area (Å²) in [5, 5.41) is 0.566. The van der Waals surface area contributed by atoms with E-state index in [9.17, 15) is 0 Å². The van der Waals surface area contributed by atoms with Gasteiger partial charge in [0.1, 0.15) is 0 Å². The van der Waals surface area contributed by atoms with E-state index in [1.165, 1.54) is 103 Å². The zero-order valence-electron chi connectivity index (χ0n) is 18.7. The molecule has 0 nitrogen and oxygen atoms in total. The van der Waals surface area contributed by atoms with Gasteiger partial charge in [-0.05, 0) is 16.9 Å². The lowest BCUT2D eigenvalue weighted by Crippen LogP contribution is -2.26. The van der Waals surface area contributed by atoms with Gasteiger partial charge in [0.25, 0.3) is 0 Å². The predicted molar refractivity (Wildman–Crippen MR) is 120 cm³/mol. The van der Waals surface area contributed by atoms with Crippen molar-refractivity contribution < 1.29 is 0 Å². The van der Waals surface area contributed by atoms with E-state index in [1.54, 1.807) is 0 Å². The molecule has 0 saturated carbocycles. The minimum Gasteiger partial charge on any atom is -0.0654 e. The molecule has 0 saturated heterocycles. The van der Waals surface area contributed by atoms with Gasteiger partial charge >= 0.3 is 0 Å². The molecule has 25 heavy (non-hydrogen) atoms. The van der Waals surface area contributed by atoms with Gasteiger partial charge in [0.05, 0.1) is 0 Å². The molecular formula is C24H51Si. The average Bonchev–Trinajstić information content (AvgIpc) is 2.57. The van der Waals surface area contributed by atoms with Gasteiger partial charge in [0.15, 0.2) is 0 Å². The second-order valence-corrected chi connectivity index (χ2v) is 10.6. The maximum absolute atomic E-state index is 2.41. The zero-order valence-corrected chi connectivity index (χ0v) is 20.1. The molecule has 151 valence electrons. The summed E-state index contributed by atoms with van der Waals surface area (Å²) >= 11 is 0. The summed E-state index contributed by atoms with van der Waals surface area (Å²) in [6.07, 6.45) is 23.4. The standard InChI is InChI=1S/C24H51Si/c1-6-7-8-9-10-11-12-13-14-15-16-17-18-19-20-21-24(25,22(2)3)23(4)5/h22-23H,6-21,25H2,1-5H3. The summed E-state index contributed by atoms with van der Waals surface area (Å²) in [7, 11) is 2.28. The molecule has 0 heterocycles. The Hall–Kier alpha value is 0.217. The van der Waals surface area contributed by atoms with Crippen LogP contribution in [-0.2, 0) is 0 Å². The van der Waals surface area contributed by atoms with Crippen LogP contribution in [0.2, 0.25) is 5.04 Å². The van der Waals surface area contributed by atoms with Gasteiger partial charge in [0, 0.05) is 10.2 Å². The van der Waals surface area contributed by atoms with Crippen LogP contribution in [0.1, 0.15) is 137 Å². The highest BCUT2D eigenvalue weighted by Gasteiger charge is 2.30. The van der Waals surface area contributed by atoms with E-state index in [0.717, 1.165) is 11.8 Å². The van der Waals surface area contributed by atoms with Crippen LogP contribution in [0.5, 0.6) is 0 Å². The molecular weight excluding hydrogens is 316 g/mol. The van der Waals surface area contributed by atoms with Crippen LogP contribution in [0.25, 0.3) is 0 Å². The minimum absolute atomic E-state index is 0.566. The van der Waals surface area contributed by atoms with Gasteiger partial charge < -0.3 is 0 Å². The Morgan fingerprint density at radius 3 is 1.08 bits per heavy atom. The van der Waals surface area contributed by atoms with Crippen molar-refractivity contribution in [2.75, 3.05) is 0 Å². The molecule has 0 fully saturated rings. The molecule has 0 bridgehead atoms. The molecule has 1 heteroatoms. The first-order valence-electron chi connectivity index (χ1n) is 11.8. The van der Waals surface area contributed by atoms with E-state index in [1.807, 2.05) is 0 Å². The summed E-state index contributed by atoms with van der Waals surface area (Å²) in [5.74, 6) is 1.63. The third-order valence-electron chi connectivity index (χ3n) is 6.55. The molecule has 0 rings (SSSR count). The van der Waals surface area contributed by atoms with Crippen LogP contribution in [0.15, 0.2) is 0 Å². The fourth-order valence-electron chi connectivity index (χ4n) is 4.07. The Labute approximate surface area is 164 Å². The molecule has 0 aliphatic carbocycles. The number of rotatable bonds is 18. The molecule has 0 unspecified atom stereocenters. The van der Waals surface area contributed by atoms with Gasteiger partial charge in [0.2, 0.25) is 0 Å². The summed E-state index contributed by atoms with van der Waals surface area (Å²) in [6.45, 7) is 12.0. The maximum Gasteiger partial charge on any atom is 0.0170 e. The first kappa shape index (κ1) is 25.2. The van der Waals surface area contributed by atoms with E-state index in [0.29, 0.717) is 5.04 Å². The second-order valence-electron chi connectivity index (χ2n) is 9.24. The highest BCUT2D eigenvalue weighted by Crippen LogP contribution is 2.44. The molecule has 0 amide bonds. The Balaban J connectivity index is 3.34. The fraction of sp³-hybridized carbons (Fsp3) is 1.00. The average molecular weight is 368 g/mol. The van der Waals surface area contributed by atoms with Gasteiger partial charge in [-0.25, -0.2) is 0 Å². The Morgan fingerprint density at radius 1 is 0.520 bits per heavy atom. The van der Waals surface area contributed by atoms with Crippen LogP contribution in [0.3, 0.4) is 0 Å². The van der Waals surface area contributed by atoms with Crippen molar-refractivity contribution >= 4 is 10.2 Å². The lowest BCUT2D eigenvalue weighted by Gasteiger charge is -2.38. The van der Waals surface area contributed by atoms with Crippen molar-refractivity contribution in [2.24, 2.45) is 11.8 Å². The molecule has 0 aliphatic rings. The van der Waals surface area contributed by atoms with Crippen molar-refractivity contribution in [3.8, 4) is 0 Å². The second kappa shape index (κ2) is 16.4. The van der Waals surface area contributed by atoms with Crippen molar-refractivity contribution in [3.63, 3.8) is 0 Å². The van der Waals surface area contributed by atoms with Gasteiger partial charge in [-0.15, -0.1) is 0 Å². The SMILES string of the molecule is CCCCCCCCCCCCCCCCCC([SiH2])(C(C)C)C(C)C. The van der Waals surface area contributed by atoms with Crippen LogP contribution < -0.4 is 0 Å². The van der Waals surface area contributed by atoms with Gasteiger partial charge in [-0.3, -0.25) is 0 Å². The molecule has 1 radical (unpaired) electrons. The fourth-order valence-corrected chi connectivity index (χ4v) is 4.32. The number of hydrogen-bond donors (Lipinski definition) is 0. The monoisotopic (exact) mass is 367 g/mol. The Kier molecular flexibility index (Phi) is 16.5. The Morgan fingerprint density at radius 2 is 0.800 bits per heavy atom. The highest BCUT2D eigenvalue weighted by molar-refractivity contribution is 6.15. The largest absolute Gasteiger partial charge is 0.0654 e. The minimum atomic E-state index is 0.566. The summed E-state index contributed by atoms with van der Waals surface area (Å²) in [5.41, 5.74) is 0. The molecule has 0 N–H and O–H groups in total. The topological polar surface area (TPSA) is 0 Å². The first-order chi connectivity index (χ1) is 11.9. The van der Waals surface area contributed by atoms with E-state index in [2.05, 4.69) is 44.9 Å². The molecule has 0 aliphatic heterocycles. The van der Waals surface area contributed by atoms with Crippen molar-refractivity contribution in [2.45, 2.75) is 142 Å². The molecule has 0 spiro atoms. The first-order valence-corrected chi connectivity index (χ1v) is 12.5. The van der Waals surface area contributed by atoms with E-state index < -0.39 is 0 Å². The summed E-state index contributed by atoms with van der Waals surface area (Å²) in [4.78, 5) is 0. The van der Waals surface area contributed by atoms with Crippen molar-refractivity contribution in [3.05, 3.63) is 0 Å². The van der Waals surface area contributed by atoms with E-state index in [4.69, 9.17) is 0 Å². The van der Waals surface area contributed by atoms with E-state index >= 15 is 0 Å². The van der Waals surface area contributed by atoms with Crippen LogP contribution in [0, 0.1) is 11.8 Å². The smallest absolute Gasteiger partial charge is 0.0170 e. The van der Waals surface area contributed by atoms with Gasteiger partial charge in [-0.1, -0.05) is 137 Å². The molecule has 0 atom stereocenters. The third kappa shape index (κ3) is 13.1. The van der Waals surface area contributed by atoms with Crippen LogP contribution in [-0.4, -0.2) is 10.2 Å². The number of unbranched alkanes of at least 4 members (excludes halogenated alkanes) is 14. The molecule has 0 aromatic rings. The summed E-state index contributed by atoms with van der Waals surface area (Å²) < 4.78 is 0. The lowest BCUT2D eigenvalue weighted by molar-refractivity contribution is 0.284. The lowest BCUT2D eigenvalue weighted by atomic mass is 9.80. The predicted octanol–water partition coefficient (Wildman–Crippen LogP) is 8.35. The van der Waals surface area contributed by atoms with Gasteiger partial charge in [-0.2, -0.15) is 0 Å². The zero-order chi connectivity index (χ0) is 19.0.